The summed E-state index contributed by atoms with van der Waals surface area (Å²) < 4.78 is 15.4. The molecule has 2 fully saturated rings. The Balaban J connectivity index is 1.92. The molecule has 0 aromatic carbocycles. The molecule has 0 aromatic rings. The Kier molecular flexibility index (Phi) is 6.74. The highest BCUT2D eigenvalue weighted by atomic mass is 16.7. The molecule has 23 heavy (non-hydrogen) atoms. The van der Waals surface area contributed by atoms with Crippen LogP contribution in [0.15, 0.2) is 12.2 Å². The van der Waals surface area contributed by atoms with Gasteiger partial charge < -0.3 is 14.2 Å². The fourth-order valence-electron chi connectivity index (χ4n) is 3.67. The van der Waals surface area contributed by atoms with Crippen molar-refractivity contribution in [3.63, 3.8) is 0 Å². The number of Topliss-reactive ketones (excluding diaryl/α,β-unsaturated/α-hetero) is 1. The third kappa shape index (κ3) is 4.62. The van der Waals surface area contributed by atoms with Crippen molar-refractivity contribution in [2.45, 2.75) is 56.7 Å². The number of esters is 1. The Hall–Kier alpha value is -1.24. The topological polar surface area (TPSA) is 65.1 Å². The van der Waals surface area contributed by atoms with Crippen molar-refractivity contribution in [2.75, 3.05) is 27.6 Å². The second kappa shape index (κ2) is 8.57. The summed E-state index contributed by atoms with van der Waals surface area (Å²) in [6, 6.07) is 0.451. The molecule has 0 radical (unpaired) electrons. The molecule has 2 aliphatic heterocycles. The van der Waals surface area contributed by atoms with E-state index in [1.807, 2.05) is 0 Å². The van der Waals surface area contributed by atoms with E-state index in [4.69, 9.17) is 9.47 Å². The minimum absolute atomic E-state index is 0.0149. The predicted octanol–water partition coefficient (Wildman–Crippen LogP) is 1.68. The van der Waals surface area contributed by atoms with E-state index in [-0.39, 0.29) is 49.6 Å². The van der Waals surface area contributed by atoms with E-state index in [0.29, 0.717) is 6.42 Å². The molecule has 0 saturated carbocycles. The van der Waals surface area contributed by atoms with Gasteiger partial charge in [-0.3, -0.25) is 14.5 Å². The van der Waals surface area contributed by atoms with Gasteiger partial charge in [0.1, 0.15) is 12.6 Å². The minimum atomic E-state index is -0.335. The van der Waals surface area contributed by atoms with E-state index in [0.717, 1.165) is 31.4 Å². The zero-order valence-corrected chi connectivity index (χ0v) is 14.1. The Labute approximate surface area is 137 Å². The molecule has 0 spiro atoms. The summed E-state index contributed by atoms with van der Waals surface area (Å²) in [6.07, 6.45) is 3.78. The highest BCUT2D eigenvalue weighted by molar-refractivity contribution is 5.83. The number of fused-ring (bicyclic) bond motifs is 1. The van der Waals surface area contributed by atoms with Crippen LogP contribution in [0.3, 0.4) is 0 Å². The second-order valence-corrected chi connectivity index (χ2v) is 6.28. The van der Waals surface area contributed by atoms with Crippen LogP contribution in [0.4, 0.5) is 0 Å². The number of carbonyl (C=O) groups is 2. The fraction of sp³-hybridized carbons (Fsp3) is 0.765. The van der Waals surface area contributed by atoms with Crippen LogP contribution in [0.2, 0.25) is 0 Å². The number of carbonyl (C=O) groups excluding carboxylic acids is 2. The van der Waals surface area contributed by atoms with Gasteiger partial charge in [0.15, 0.2) is 0 Å². The zero-order chi connectivity index (χ0) is 16.8. The monoisotopic (exact) mass is 325 g/mol. The molecule has 0 unspecified atom stereocenters. The van der Waals surface area contributed by atoms with Crippen LogP contribution in [-0.2, 0) is 23.8 Å². The fourth-order valence-corrected chi connectivity index (χ4v) is 3.67. The van der Waals surface area contributed by atoms with E-state index in [1.54, 1.807) is 7.11 Å². The Morgan fingerprint density at radius 3 is 2.78 bits per heavy atom. The van der Waals surface area contributed by atoms with Crippen LogP contribution < -0.4 is 0 Å². The van der Waals surface area contributed by atoms with Crippen molar-refractivity contribution in [1.29, 1.82) is 0 Å². The first-order chi connectivity index (χ1) is 11.1. The van der Waals surface area contributed by atoms with Gasteiger partial charge in [-0.2, -0.15) is 0 Å². The molecule has 130 valence electrons. The molecule has 6 nitrogen and oxygen atoms in total. The molecule has 3 atom stereocenters. The van der Waals surface area contributed by atoms with E-state index in [9.17, 15) is 9.59 Å². The van der Waals surface area contributed by atoms with Gasteiger partial charge in [0.25, 0.3) is 0 Å². The van der Waals surface area contributed by atoms with Gasteiger partial charge in [-0.25, -0.2) is 0 Å². The van der Waals surface area contributed by atoms with Crippen LogP contribution in [0, 0.1) is 0 Å². The summed E-state index contributed by atoms with van der Waals surface area (Å²) in [5, 5.41) is 0. The average molecular weight is 325 g/mol. The lowest BCUT2D eigenvalue weighted by molar-refractivity contribution is -0.142. The molecule has 6 heteroatoms. The molecule has 2 saturated heterocycles. The van der Waals surface area contributed by atoms with Crippen molar-refractivity contribution in [3.05, 3.63) is 12.2 Å². The number of ketones is 1. The first-order valence-electron chi connectivity index (χ1n) is 8.19. The van der Waals surface area contributed by atoms with Crippen LogP contribution in [0.25, 0.3) is 0 Å². The molecule has 2 heterocycles. The third-order valence-corrected chi connectivity index (χ3v) is 4.73. The summed E-state index contributed by atoms with van der Waals surface area (Å²) >= 11 is 0. The van der Waals surface area contributed by atoms with Crippen LogP contribution in [-0.4, -0.2) is 62.4 Å². The number of piperidine rings is 1. The summed E-state index contributed by atoms with van der Waals surface area (Å²) in [5.74, 6) is -0.228. The van der Waals surface area contributed by atoms with Gasteiger partial charge in [0.2, 0.25) is 0 Å². The van der Waals surface area contributed by atoms with E-state index in [2.05, 4.69) is 16.2 Å². The van der Waals surface area contributed by atoms with E-state index < -0.39 is 0 Å². The van der Waals surface area contributed by atoms with Crippen molar-refractivity contribution >= 4 is 11.8 Å². The molecule has 2 rings (SSSR count). The number of methoxy groups -OCH3 is 2. The number of rotatable bonds is 8. The van der Waals surface area contributed by atoms with Gasteiger partial charge in [-0.15, -0.1) is 0 Å². The SMILES string of the molecule is C=C1C[C@@H](CC(=O)CCC(=O)OC)N2CCC[C@@H]2[C@H]1OCOC. The maximum absolute atomic E-state index is 12.2. The van der Waals surface area contributed by atoms with Gasteiger partial charge in [-0.1, -0.05) is 6.58 Å². The standard InChI is InChI=1S/C17H27NO5/c1-12-9-13(10-14(19)6-7-16(20)22-3)18-8-4-5-15(18)17(12)23-11-21-2/h13,15,17H,1,4-11H2,2-3H3/t13-,15+,17-/m0/s1. The number of nitrogens with zero attached hydrogens (tertiary/aromatic N) is 1. The smallest absolute Gasteiger partial charge is 0.305 e. The highest BCUT2D eigenvalue weighted by Gasteiger charge is 2.42. The molecule has 0 amide bonds. The quantitative estimate of drug-likeness (QED) is 0.384. The van der Waals surface area contributed by atoms with Crippen molar-refractivity contribution in [2.24, 2.45) is 0 Å². The van der Waals surface area contributed by atoms with Gasteiger partial charge >= 0.3 is 5.97 Å². The lowest BCUT2D eigenvalue weighted by atomic mass is 9.87. The van der Waals surface area contributed by atoms with Crippen molar-refractivity contribution in [3.8, 4) is 0 Å². The van der Waals surface area contributed by atoms with Gasteiger partial charge in [0, 0.05) is 32.0 Å². The van der Waals surface area contributed by atoms with Crippen molar-refractivity contribution in [1.82, 2.24) is 4.90 Å². The Morgan fingerprint density at radius 2 is 2.09 bits per heavy atom. The maximum atomic E-state index is 12.2. The molecule has 0 N–H and O–H groups in total. The Morgan fingerprint density at radius 1 is 1.30 bits per heavy atom. The summed E-state index contributed by atoms with van der Waals surface area (Å²) in [5.41, 5.74) is 1.04. The van der Waals surface area contributed by atoms with Crippen LogP contribution >= 0.6 is 0 Å². The predicted molar refractivity (Wildman–Crippen MR) is 84.9 cm³/mol. The van der Waals surface area contributed by atoms with Crippen LogP contribution in [0.5, 0.6) is 0 Å². The minimum Gasteiger partial charge on any atom is -0.469 e. The van der Waals surface area contributed by atoms with Crippen LogP contribution in [0.1, 0.15) is 38.5 Å². The number of hydrogen-bond acceptors (Lipinski definition) is 6. The molecule has 2 aliphatic rings. The van der Waals surface area contributed by atoms with Gasteiger partial charge in [0.05, 0.1) is 19.6 Å². The van der Waals surface area contributed by atoms with Crippen molar-refractivity contribution < 1.29 is 23.8 Å². The molecular formula is C17H27NO5. The second-order valence-electron chi connectivity index (χ2n) is 6.28. The molecule has 0 aromatic heterocycles. The highest BCUT2D eigenvalue weighted by Crippen LogP contribution is 2.36. The molecular weight excluding hydrogens is 298 g/mol. The van der Waals surface area contributed by atoms with Gasteiger partial charge in [-0.05, 0) is 31.4 Å². The molecule has 0 aliphatic carbocycles. The summed E-state index contributed by atoms with van der Waals surface area (Å²) in [7, 11) is 2.95. The lowest BCUT2D eigenvalue weighted by Crippen LogP contribution is -2.52. The Bertz CT molecular complexity index is 450. The van der Waals surface area contributed by atoms with E-state index >= 15 is 0 Å². The normalized spacial score (nSPS) is 27.7. The summed E-state index contributed by atoms with van der Waals surface area (Å²) in [6.45, 7) is 5.41. The van der Waals surface area contributed by atoms with E-state index in [1.165, 1.54) is 7.11 Å². The first-order valence-corrected chi connectivity index (χ1v) is 8.19. The number of ether oxygens (including phenoxy) is 3. The first kappa shape index (κ1) is 18.1. The lowest BCUT2D eigenvalue weighted by Gasteiger charge is -2.43. The maximum Gasteiger partial charge on any atom is 0.305 e. The zero-order valence-electron chi connectivity index (χ0n) is 14.1. The largest absolute Gasteiger partial charge is 0.469 e. The number of hydrogen-bond donors (Lipinski definition) is 0. The third-order valence-electron chi connectivity index (χ3n) is 4.73. The summed E-state index contributed by atoms with van der Waals surface area (Å²) in [4.78, 5) is 25.7. The molecule has 0 bridgehead atoms. The average Bonchev–Trinajstić information content (AvgIpc) is 3.02.